The van der Waals surface area contributed by atoms with E-state index in [2.05, 4.69) is 0 Å². The van der Waals surface area contributed by atoms with Crippen LogP contribution in [0.1, 0.15) is 11.1 Å². The molecule has 0 aromatic heterocycles. The topological polar surface area (TPSA) is 46.2 Å². The molecule has 0 aliphatic rings. The maximum atomic E-state index is 12.9. The van der Waals surface area contributed by atoms with E-state index in [4.69, 9.17) is 5.73 Å². The Morgan fingerprint density at radius 3 is 1.95 bits per heavy atom. The molecule has 1 aromatic rings. The number of hydrogen-bond donors (Lipinski definition) is 2. The van der Waals surface area contributed by atoms with Crippen molar-refractivity contribution in [2.75, 3.05) is 6.54 Å². The fourth-order valence-electron chi connectivity index (χ4n) is 1.40. The third-order valence-electron chi connectivity index (χ3n) is 2.51. The van der Waals surface area contributed by atoms with Crippen LogP contribution >= 0.6 is 0 Å². The van der Waals surface area contributed by atoms with Gasteiger partial charge in [0.2, 0.25) is 0 Å². The molecule has 0 fully saturated rings. The Labute approximate surface area is 102 Å². The first-order valence-corrected chi connectivity index (χ1v) is 4.80. The third kappa shape index (κ3) is 2.81. The van der Waals surface area contributed by atoms with Gasteiger partial charge in [-0.1, -0.05) is 6.07 Å². The molecule has 1 rings (SSSR count). The van der Waals surface area contributed by atoms with Gasteiger partial charge in [-0.25, -0.2) is 4.39 Å². The van der Waals surface area contributed by atoms with Crippen molar-refractivity contribution >= 4 is 0 Å². The summed E-state index contributed by atoms with van der Waals surface area (Å²) in [6.45, 7) is -1.39. The average molecular weight is 291 g/mol. The number of aliphatic hydroxyl groups is 1. The zero-order valence-electron chi connectivity index (χ0n) is 9.11. The lowest BCUT2D eigenvalue weighted by molar-refractivity contribution is -0.262. The molecule has 0 heterocycles. The molecule has 3 N–H and O–H groups in total. The molecule has 1 atom stereocenters. The first-order chi connectivity index (χ1) is 8.43. The Kier molecular flexibility index (Phi) is 3.83. The van der Waals surface area contributed by atoms with E-state index in [1.54, 1.807) is 0 Å². The lowest BCUT2D eigenvalue weighted by atomic mass is 9.91. The monoisotopic (exact) mass is 291 g/mol. The molecular weight excluding hydrogens is 283 g/mol. The number of benzene rings is 1. The Hall–Kier alpha value is -1.35. The molecule has 2 nitrogen and oxygen atoms in total. The molecule has 1 unspecified atom stereocenters. The lowest BCUT2D eigenvalue weighted by Gasteiger charge is -2.30. The van der Waals surface area contributed by atoms with E-state index in [0.717, 1.165) is 0 Å². The van der Waals surface area contributed by atoms with Crippen LogP contribution in [0.2, 0.25) is 0 Å². The van der Waals surface area contributed by atoms with Crippen LogP contribution in [0.25, 0.3) is 0 Å². The highest BCUT2D eigenvalue weighted by molar-refractivity contribution is 5.32. The highest BCUT2D eigenvalue weighted by atomic mass is 19.4. The van der Waals surface area contributed by atoms with Crippen LogP contribution in [0.4, 0.5) is 30.7 Å². The molecule has 0 spiro atoms. The van der Waals surface area contributed by atoms with E-state index in [1.165, 1.54) is 0 Å². The second kappa shape index (κ2) is 4.64. The van der Waals surface area contributed by atoms with Gasteiger partial charge in [0.15, 0.2) is 5.60 Å². The van der Waals surface area contributed by atoms with E-state index in [-0.39, 0.29) is 12.1 Å². The summed E-state index contributed by atoms with van der Waals surface area (Å²) in [5.41, 5.74) is -1.96. The molecule has 0 saturated heterocycles. The summed E-state index contributed by atoms with van der Waals surface area (Å²) in [5.74, 6) is -1.74. The van der Waals surface area contributed by atoms with Gasteiger partial charge in [0.05, 0.1) is 5.56 Å². The van der Waals surface area contributed by atoms with Crippen LogP contribution in [0.3, 0.4) is 0 Å². The number of alkyl halides is 6. The van der Waals surface area contributed by atoms with Crippen LogP contribution in [0, 0.1) is 5.82 Å². The molecule has 9 heteroatoms. The van der Waals surface area contributed by atoms with Gasteiger partial charge in [-0.05, 0) is 17.7 Å². The smallest absolute Gasteiger partial charge is 0.375 e. The lowest BCUT2D eigenvalue weighted by Crippen LogP contribution is -2.48. The minimum absolute atomic E-state index is 0.102. The fraction of sp³-hybridized carbons (Fsp3) is 0.400. The molecule has 0 aliphatic heterocycles. The zero-order chi connectivity index (χ0) is 15.1. The summed E-state index contributed by atoms with van der Waals surface area (Å²) in [6, 6.07) is 0.505. The Balaban J connectivity index is 3.45. The van der Waals surface area contributed by atoms with Gasteiger partial charge < -0.3 is 10.8 Å². The molecule has 0 saturated carbocycles. The number of halogens is 7. The van der Waals surface area contributed by atoms with E-state index < -0.39 is 41.4 Å². The van der Waals surface area contributed by atoms with Crippen LogP contribution in [0.5, 0.6) is 0 Å². The normalized spacial score (nSPS) is 16.3. The second-order valence-electron chi connectivity index (χ2n) is 3.75. The van der Waals surface area contributed by atoms with Crippen LogP contribution < -0.4 is 5.73 Å². The van der Waals surface area contributed by atoms with Crippen molar-refractivity contribution in [1.29, 1.82) is 0 Å². The second-order valence-corrected chi connectivity index (χ2v) is 3.75. The van der Waals surface area contributed by atoms with Crippen molar-refractivity contribution in [1.82, 2.24) is 0 Å². The molecule has 0 bridgehead atoms. The maximum Gasteiger partial charge on any atom is 0.422 e. The van der Waals surface area contributed by atoms with Gasteiger partial charge in [0.1, 0.15) is 5.82 Å². The molecule has 1 aromatic carbocycles. The zero-order valence-corrected chi connectivity index (χ0v) is 9.11. The highest BCUT2D eigenvalue weighted by Gasteiger charge is 2.54. The van der Waals surface area contributed by atoms with Gasteiger partial charge in [0.25, 0.3) is 0 Å². The SMILES string of the molecule is NCC(O)(c1ccc(F)c(C(F)(F)F)c1)C(F)(F)F. The largest absolute Gasteiger partial charge is 0.422 e. The van der Waals surface area contributed by atoms with Crippen molar-refractivity contribution in [3.8, 4) is 0 Å². The predicted octanol–water partition coefficient (Wildman–Crippen LogP) is 2.55. The van der Waals surface area contributed by atoms with Gasteiger partial charge >= 0.3 is 12.4 Å². The molecule has 108 valence electrons. The molecule has 0 radical (unpaired) electrons. The molecular formula is C10H8F7NO. The van der Waals surface area contributed by atoms with Gasteiger partial charge in [0, 0.05) is 6.54 Å². The minimum atomic E-state index is -5.29. The van der Waals surface area contributed by atoms with Crippen molar-refractivity contribution in [2.45, 2.75) is 18.0 Å². The summed E-state index contributed by atoms with van der Waals surface area (Å²) < 4.78 is 87.9. The molecule has 19 heavy (non-hydrogen) atoms. The van der Waals surface area contributed by atoms with Gasteiger partial charge in [-0.15, -0.1) is 0 Å². The van der Waals surface area contributed by atoms with E-state index in [0.29, 0.717) is 6.07 Å². The number of nitrogens with two attached hydrogens (primary N) is 1. The van der Waals surface area contributed by atoms with Gasteiger partial charge in [-0.3, -0.25) is 0 Å². The first-order valence-electron chi connectivity index (χ1n) is 4.80. The third-order valence-corrected chi connectivity index (χ3v) is 2.51. The standard InChI is InChI=1S/C10H8F7NO/c11-7-2-1-5(3-6(7)9(12,13)14)8(19,4-18)10(15,16)17/h1-3,19H,4,18H2. The Bertz CT molecular complexity index is 468. The van der Waals surface area contributed by atoms with Crippen molar-refractivity contribution < 1.29 is 35.8 Å². The van der Waals surface area contributed by atoms with E-state index >= 15 is 0 Å². The minimum Gasteiger partial charge on any atom is -0.375 e. The van der Waals surface area contributed by atoms with Crippen molar-refractivity contribution in [3.05, 3.63) is 35.1 Å². The maximum absolute atomic E-state index is 12.9. The molecule has 0 amide bonds. The quantitative estimate of drug-likeness (QED) is 0.823. The number of hydrogen-bond acceptors (Lipinski definition) is 2. The van der Waals surface area contributed by atoms with Crippen molar-refractivity contribution in [3.63, 3.8) is 0 Å². The van der Waals surface area contributed by atoms with E-state index in [1.807, 2.05) is 0 Å². The predicted molar refractivity (Wildman–Crippen MR) is 50.4 cm³/mol. The Morgan fingerprint density at radius 1 is 1.05 bits per heavy atom. The van der Waals surface area contributed by atoms with E-state index in [9.17, 15) is 35.8 Å². The summed E-state index contributed by atoms with van der Waals surface area (Å²) >= 11 is 0. The Morgan fingerprint density at radius 2 is 1.58 bits per heavy atom. The van der Waals surface area contributed by atoms with Gasteiger partial charge in [-0.2, -0.15) is 26.3 Å². The average Bonchev–Trinajstić information content (AvgIpc) is 2.25. The number of rotatable bonds is 2. The van der Waals surface area contributed by atoms with Crippen LogP contribution in [-0.2, 0) is 11.8 Å². The highest BCUT2D eigenvalue weighted by Crippen LogP contribution is 2.40. The molecule has 0 aliphatic carbocycles. The summed E-state index contributed by atoms with van der Waals surface area (Å²) in [7, 11) is 0. The summed E-state index contributed by atoms with van der Waals surface area (Å²) in [5, 5.41) is 9.37. The first kappa shape index (κ1) is 15.7. The van der Waals surface area contributed by atoms with Crippen LogP contribution in [0.15, 0.2) is 18.2 Å². The van der Waals surface area contributed by atoms with Crippen molar-refractivity contribution in [2.24, 2.45) is 5.73 Å². The van der Waals surface area contributed by atoms with Crippen LogP contribution in [-0.4, -0.2) is 17.8 Å². The summed E-state index contributed by atoms with van der Waals surface area (Å²) in [4.78, 5) is 0. The fourth-order valence-corrected chi connectivity index (χ4v) is 1.40. The summed E-state index contributed by atoms with van der Waals surface area (Å²) in [6.07, 6.45) is -10.5.